The van der Waals surface area contributed by atoms with Crippen molar-refractivity contribution in [2.45, 2.75) is 46.8 Å². The Kier molecular flexibility index (Phi) is 5.47. The molecule has 0 amide bonds. The Morgan fingerprint density at radius 3 is 2.44 bits per heavy atom. The smallest absolute Gasteiger partial charge is 0.350 e. The summed E-state index contributed by atoms with van der Waals surface area (Å²) in [5.41, 5.74) is 0.245. The number of aliphatic hydroxyl groups excluding tert-OH is 1. The zero-order chi connectivity index (χ0) is 23.2. The Hall–Kier alpha value is -3.66. The molecule has 4 rings (SSSR count). The fraction of sp³-hybridized carbons (Fsp3) is 0.318. The lowest BCUT2D eigenvalue weighted by Crippen LogP contribution is -2.25. The fourth-order valence-electron chi connectivity index (χ4n) is 3.82. The first kappa shape index (κ1) is 21.6. The maximum absolute atomic E-state index is 15.2. The summed E-state index contributed by atoms with van der Waals surface area (Å²) in [4.78, 5) is 34.5. The van der Waals surface area contributed by atoms with Crippen LogP contribution in [0.4, 0.5) is 4.39 Å². The minimum atomic E-state index is -0.773. The molecule has 32 heavy (non-hydrogen) atoms. The van der Waals surface area contributed by atoms with Gasteiger partial charge in [0.1, 0.15) is 18.1 Å². The monoisotopic (exact) mass is 438 g/mol. The van der Waals surface area contributed by atoms with Crippen LogP contribution in [0.15, 0.2) is 40.3 Å². The molecule has 0 aliphatic rings. The number of aliphatic hydroxyl groups is 1. The molecule has 10 heteroatoms. The second kappa shape index (κ2) is 8.12. The molecule has 9 nitrogen and oxygen atoms in total. The van der Waals surface area contributed by atoms with E-state index in [1.807, 2.05) is 13.8 Å². The van der Waals surface area contributed by atoms with Crippen molar-refractivity contribution in [1.82, 2.24) is 28.9 Å². The van der Waals surface area contributed by atoms with Crippen molar-refractivity contribution in [2.24, 2.45) is 0 Å². The van der Waals surface area contributed by atoms with E-state index in [1.54, 1.807) is 20.0 Å². The van der Waals surface area contributed by atoms with Crippen molar-refractivity contribution < 1.29 is 9.50 Å². The van der Waals surface area contributed by atoms with Gasteiger partial charge in [-0.1, -0.05) is 13.8 Å². The van der Waals surface area contributed by atoms with E-state index in [9.17, 15) is 14.7 Å². The van der Waals surface area contributed by atoms with E-state index in [4.69, 9.17) is 0 Å². The second-order valence-corrected chi connectivity index (χ2v) is 7.74. The number of aryl methyl sites for hydroxylation is 1. The molecule has 3 heterocycles. The molecule has 166 valence electrons. The predicted molar refractivity (Wildman–Crippen MR) is 117 cm³/mol. The van der Waals surface area contributed by atoms with Gasteiger partial charge < -0.3 is 5.11 Å². The molecule has 0 spiro atoms. The van der Waals surface area contributed by atoms with Gasteiger partial charge in [0.15, 0.2) is 11.6 Å². The quantitative estimate of drug-likeness (QED) is 0.512. The molecule has 0 aliphatic heterocycles. The third-order valence-corrected chi connectivity index (χ3v) is 5.45. The summed E-state index contributed by atoms with van der Waals surface area (Å²) in [7, 11) is 0. The van der Waals surface area contributed by atoms with Crippen LogP contribution in [0.25, 0.3) is 22.3 Å². The number of aromatic nitrogens is 6. The van der Waals surface area contributed by atoms with Crippen LogP contribution >= 0.6 is 0 Å². The van der Waals surface area contributed by atoms with Crippen molar-refractivity contribution in [3.63, 3.8) is 0 Å². The number of benzene rings is 1. The van der Waals surface area contributed by atoms with Gasteiger partial charge in [0.25, 0.3) is 5.56 Å². The van der Waals surface area contributed by atoms with Gasteiger partial charge in [0.2, 0.25) is 0 Å². The molecule has 0 radical (unpaired) electrons. The molecule has 0 saturated carbocycles. The second-order valence-electron chi connectivity index (χ2n) is 7.74. The van der Waals surface area contributed by atoms with Crippen molar-refractivity contribution in [3.05, 3.63) is 74.5 Å². The molecular weight excluding hydrogens is 415 g/mol. The molecule has 0 fully saturated rings. The zero-order valence-electron chi connectivity index (χ0n) is 18.2. The number of pyridine rings is 1. The van der Waals surface area contributed by atoms with E-state index in [1.165, 1.54) is 27.6 Å². The van der Waals surface area contributed by atoms with Gasteiger partial charge in [0.05, 0.1) is 11.1 Å². The minimum absolute atomic E-state index is 0.0161. The van der Waals surface area contributed by atoms with E-state index in [2.05, 4.69) is 15.1 Å². The molecule has 0 atom stereocenters. The maximum atomic E-state index is 15.2. The Morgan fingerprint density at radius 2 is 1.84 bits per heavy atom. The molecular formula is C22H23FN6O3. The number of hydrogen-bond donors (Lipinski definition) is 1. The highest BCUT2D eigenvalue weighted by Gasteiger charge is 2.21. The highest BCUT2D eigenvalue weighted by atomic mass is 19.1. The lowest BCUT2D eigenvalue weighted by molar-refractivity contribution is 0.264. The number of halogens is 1. The van der Waals surface area contributed by atoms with Crippen LogP contribution in [0.2, 0.25) is 0 Å². The summed E-state index contributed by atoms with van der Waals surface area (Å²) in [6.45, 7) is 7.22. The Labute approximate surface area is 182 Å². The van der Waals surface area contributed by atoms with Crippen molar-refractivity contribution >= 4 is 10.8 Å². The van der Waals surface area contributed by atoms with Crippen LogP contribution in [-0.4, -0.2) is 34.0 Å². The van der Waals surface area contributed by atoms with E-state index < -0.39 is 23.7 Å². The molecule has 0 aliphatic carbocycles. The summed E-state index contributed by atoms with van der Waals surface area (Å²) in [5.74, 6) is -0.284. The van der Waals surface area contributed by atoms with E-state index in [0.29, 0.717) is 16.9 Å². The first-order valence-electron chi connectivity index (χ1n) is 10.2. The van der Waals surface area contributed by atoms with Crippen molar-refractivity contribution in [3.8, 4) is 11.5 Å². The summed E-state index contributed by atoms with van der Waals surface area (Å²) in [6.07, 6.45) is 4.71. The average Bonchev–Trinajstić information content (AvgIpc) is 3.09. The van der Waals surface area contributed by atoms with E-state index in [-0.39, 0.29) is 29.4 Å². The predicted octanol–water partition coefficient (Wildman–Crippen LogP) is 2.21. The third kappa shape index (κ3) is 3.32. The summed E-state index contributed by atoms with van der Waals surface area (Å²) in [6, 6.07) is 2.59. The Morgan fingerprint density at radius 1 is 1.12 bits per heavy atom. The number of hydrogen-bond acceptors (Lipinski definition) is 6. The Balaban J connectivity index is 2.06. The first-order valence-corrected chi connectivity index (χ1v) is 10.2. The normalized spacial score (nSPS) is 11.6. The largest absolute Gasteiger partial charge is 0.388 e. The number of nitrogens with zero attached hydrogens (tertiary/aromatic N) is 6. The zero-order valence-corrected chi connectivity index (χ0v) is 18.2. The number of rotatable bonds is 5. The average molecular weight is 438 g/mol. The van der Waals surface area contributed by atoms with Crippen LogP contribution in [0, 0.1) is 12.7 Å². The first-order chi connectivity index (χ1) is 15.3. The van der Waals surface area contributed by atoms with Crippen LogP contribution < -0.4 is 11.2 Å². The summed E-state index contributed by atoms with van der Waals surface area (Å²) in [5, 5.41) is 14.3. The van der Waals surface area contributed by atoms with Gasteiger partial charge in [-0.25, -0.2) is 14.2 Å². The maximum Gasteiger partial charge on any atom is 0.350 e. The van der Waals surface area contributed by atoms with E-state index in [0.717, 1.165) is 16.3 Å². The molecule has 0 unspecified atom stereocenters. The molecule has 4 aromatic rings. The summed E-state index contributed by atoms with van der Waals surface area (Å²) >= 11 is 0. The van der Waals surface area contributed by atoms with Gasteiger partial charge in [-0.05, 0) is 42.8 Å². The third-order valence-electron chi connectivity index (χ3n) is 5.45. The number of fused-ring (bicyclic) bond motifs is 1. The van der Waals surface area contributed by atoms with Crippen molar-refractivity contribution in [2.75, 3.05) is 0 Å². The molecule has 0 saturated heterocycles. The topological polar surface area (TPSA) is 108 Å². The van der Waals surface area contributed by atoms with Crippen LogP contribution in [-0.2, 0) is 13.2 Å². The van der Waals surface area contributed by atoms with Crippen molar-refractivity contribution in [1.29, 1.82) is 0 Å². The molecule has 0 bridgehead atoms. The van der Waals surface area contributed by atoms with Gasteiger partial charge in [-0.3, -0.25) is 18.9 Å². The summed E-state index contributed by atoms with van der Waals surface area (Å²) < 4.78 is 18.8. The molecule has 1 N–H and O–H groups in total. The lowest BCUT2D eigenvalue weighted by atomic mass is 9.97. The highest BCUT2D eigenvalue weighted by molar-refractivity contribution is 5.87. The van der Waals surface area contributed by atoms with Gasteiger partial charge >= 0.3 is 5.69 Å². The highest BCUT2D eigenvalue weighted by Crippen LogP contribution is 2.28. The van der Waals surface area contributed by atoms with Crippen LogP contribution in [0.5, 0.6) is 0 Å². The van der Waals surface area contributed by atoms with E-state index >= 15 is 4.39 Å². The van der Waals surface area contributed by atoms with Gasteiger partial charge in [-0.2, -0.15) is 4.68 Å². The fourth-order valence-corrected chi connectivity index (χ4v) is 3.82. The van der Waals surface area contributed by atoms with Gasteiger partial charge in [-0.15, -0.1) is 5.10 Å². The standard InChI is InChI=1S/C22H23FN6O3/c1-5-27-19(11-30)26-29(22(27)32)18-9-14-15(8-17(18)23)21(31)28(10-16(14)12(2)3)20-13(4)24-6-7-25-20/h6-10,12,30H,5,11H2,1-4H3. The minimum Gasteiger partial charge on any atom is -0.388 e. The van der Waals surface area contributed by atoms with Crippen LogP contribution in [0.3, 0.4) is 0 Å². The van der Waals surface area contributed by atoms with Gasteiger partial charge in [0, 0.05) is 25.1 Å². The molecule has 3 aromatic heterocycles. The van der Waals surface area contributed by atoms with Crippen LogP contribution in [0.1, 0.15) is 43.8 Å². The SMILES string of the molecule is CCn1c(CO)nn(-c2cc3c(C(C)C)cn(-c4nccnc4C)c(=O)c3cc2F)c1=O. The Bertz CT molecular complexity index is 1450. The lowest BCUT2D eigenvalue weighted by Gasteiger charge is -2.16. The molecule has 1 aromatic carbocycles.